The minimum Gasteiger partial charge on any atom is -0.497 e. The van der Waals surface area contributed by atoms with E-state index in [-0.39, 0.29) is 5.92 Å². The van der Waals surface area contributed by atoms with Crippen LogP contribution in [0.4, 0.5) is 0 Å². The SMILES string of the molecule is COc1ccc2c(c1)Cc1ccccc1[C@H]2CC#N. The normalized spacial score (nSPS) is 16.1. The Labute approximate surface area is 113 Å². The van der Waals surface area contributed by atoms with Gasteiger partial charge in [-0.1, -0.05) is 30.3 Å². The van der Waals surface area contributed by atoms with Crippen molar-refractivity contribution in [3.8, 4) is 11.8 Å². The van der Waals surface area contributed by atoms with E-state index >= 15 is 0 Å². The predicted molar refractivity (Wildman–Crippen MR) is 74.3 cm³/mol. The van der Waals surface area contributed by atoms with Crippen LogP contribution in [0.15, 0.2) is 42.5 Å². The Hall–Kier alpha value is -2.27. The minimum absolute atomic E-state index is 0.191. The highest BCUT2D eigenvalue weighted by atomic mass is 16.5. The highest BCUT2D eigenvalue weighted by Gasteiger charge is 2.25. The molecular formula is C17H15NO. The molecule has 2 nitrogen and oxygen atoms in total. The summed E-state index contributed by atoms with van der Waals surface area (Å²) in [7, 11) is 1.69. The second kappa shape index (κ2) is 4.78. The lowest BCUT2D eigenvalue weighted by Crippen LogP contribution is -2.13. The molecule has 0 saturated carbocycles. The molecule has 19 heavy (non-hydrogen) atoms. The molecule has 3 rings (SSSR count). The number of rotatable bonds is 2. The molecule has 1 atom stereocenters. The summed E-state index contributed by atoms with van der Waals surface area (Å²) in [5, 5.41) is 9.10. The number of fused-ring (bicyclic) bond motifs is 2. The van der Waals surface area contributed by atoms with Crippen LogP contribution in [0.5, 0.6) is 5.75 Å². The maximum Gasteiger partial charge on any atom is 0.119 e. The number of benzene rings is 2. The summed E-state index contributed by atoms with van der Waals surface area (Å²) in [6.45, 7) is 0. The minimum atomic E-state index is 0.191. The van der Waals surface area contributed by atoms with Crippen LogP contribution in [0.3, 0.4) is 0 Å². The van der Waals surface area contributed by atoms with E-state index in [1.165, 1.54) is 22.3 Å². The summed E-state index contributed by atoms with van der Waals surface area (Å²) >= 11 is 0. The number of methoxy groups -OCH3 is 1. The molecule has 2 aromatic carbocycles. The third-order valence-corrected chi connectivity index (χ3v) is 3.83. The van der Waals surface area contributed by atoms with Crippen LogP contribution in [0.1, 0.15) is 34.6 Å². The average Bonchev–Trinajstić information content (AvgIpc) is 2.46. The Morgan fingerprint density at radius 2 is 1.95 bits per heavy atom. The topological polar surface area (TPSA) is 33.0 Å². The number of nitriles is 1. The van der Waals surface area contributed by atoms with Gasteiger partial charge in [0.15, 0.2) is 0 Å². The Morgan fingerprint density at radius 3 is 2.74 bits per heavy atom. The first-order valence-corrected chi connectivity index (χ1v) is 6.45. The third-order valence-electron chi connectivity index (χ3n) is 3.83. The molecule has 94 valence electrons. The van der Waals surface area contributed by atoms with Gasteiger partial charge in [0, 0.05) is 12.3 Å². The zero-order valence-corrected chi connectivity index (χ0v) is 10.9. The van der Waals surface area contributed by atoms with Crippen molar-refractivity contribution in [3.05, 3.63) is 64.7 Å². The molecule has 0 N–H and O–H groups in total. The first-order valence-electron chi connectivity index (χ1n) is 6.45. The van der Waals surface area contributed by atoms with Gasteiger partial charge in [0.2, 0.25) is 0 Å². The van der Waals surface area contributed by atoms with Gasteiger partial charge in [-0.05, 0) is 40.8 Å². The molecule has 0 radical (unpaired) electrons. The lowest BCUT2D eigenvalue weighted by molar-refractivity contribution is 0.414. The second-order valence-corrected chi connectivity index (χ2v) is 4.86. The van der Waals surface area contributed by atoms with E-state index in [0.717, 1.165) is 12.2 Å². The highest BCUT2D eigenvalue weighted by molar-refractivity contribution is 5.51. The van der Waals surface area contributed by atoms with Gasteiger partial charge in [-0.2, -0.15) is 5.26 Å². The van der Waals surface area contributed by atoms with Gasteiger partial charge in [0.05, 0.1) is 13.2 Å². The quantitative estimate of drug-likeness (QED) is 0.814. The van der Waals surface area contributed by atoms with E-state index in [4.69, 9.17) is 10.00 Å². The molecule has 2 aromatic rings. The van der Waals surface area contributed by atoms with Crippen molar-refractivity contribution in [2.75, 3.05) is 7.11 Å². The van der Waals surface area contributed by atoms with E-state index in [1.54, 1.807) is 7.11 Å². The fourth-order valence-corrected chi connectivity index (χ4v) is 2.92. The highest BCUT2D eigenvalue weighted by Crippen LogP contribution is 2.39. The van der Waals surface area contributed by atoms with E-state index in [0.29, 0.717) is 6.42 Å². The van der Waals surface area contributed by atoms with Gasteiger partial charge in [-0.15, -0.1) is 0 Å². The molecule has 0 unspecified atom stereocenters. The van der Waals surface area contributed by atoms with E-state index in [2.05, 4.69) is 42.5 Å². The zero-order valence-electron chi connectivity index (χ0n) is 10.9. The van der Waals surface area contributed by atoms with Gasteiger partial charge in [0.1, 0.15) is 5.75 Å². The largest absolute Gasteiger partial charge is 0.497 e. The third kappa shape index (κ3) is 1.98. The van der Waals surface area contributed by atoms with Crippen molar-refractivity contribution in [1.82, 2.24) is 0 Å². The van der Waals surface area contributed by atoms with Crippen LogP contribution in [0.2, 0.25) is 0 Å². The number of nitrogens with zero attached hydrogens (tertiary/aromatic N) is 1. The van der Waals surface area contributed by atoms with Crippen LogP contribution in [0.25, 0.3) is 0 Å². The first-order chi connectivity index (χ1) is 9.33. The Bertz CT molecular complexity index is 655. The molecule has 0 aliphatic heterocycles. The Morgan fingerprint density at radius 1 is 1.16 bits per heavy atom. The van der Waals surface area contributed by atoms with Crippen molar-refractivity contribution in [3.63, 3.8) is 0 Å². The lowest BCUT2D eigenvalue weighted by Gasteiger charge is -2.27. The van der Waals surface area contributed by atoms with Crippen LogP contribution in [0, 0.1) is 11.3 Å². The fourth-order valence-electron chi connectivity index (χ4n) is 2.92. The van der Waals surface area contributed by atoms with Crippen LogP contribution >= 0.6 is 0 Å². The molecule has 0 amide bonds. The molecule has 0 fully saturated rings. The molecule has 0 saturated heterocycles. The predicted octanol–water partition coefficient (Wildman–Crippen LogP) is 3.64. The molecule has 1 aliphatic carbocycles. The summed E-state index contributed by atoms with van der Waals surface area (Å²) in [4.78, 5) is 0. The molecule has 0 aromatic heterocycles. The lowest BCUT2D eigenvalue weighted by atomic mass is 9.77. The monoisotopic (exact) mass is 249 g/mol. The van der Waals surface area contributed by atoms with E-state index < -0.39 is 0 Å². The van der Waals surface area contributed by atoms with E-state index in [9.17, 15) is 0 Å². The van der Waals surface area contributed by atoms with Gasteiger partial charge in [-0.3, -0.25) is 0 Å². The molecule has 1 aliphatic rings. The Kier molecular flexibility index (Phi) is 2.97. The molecule has 0 heterocycles. The molecule has 2 heteroatoms. The summed E-state index contributed by atoms with van der Waals surface area (Å²) < 4.78 is 5.30. The van der Waals surface area contributed by atoms with Crippen molar-refractivity contribution in [1.29, 1.82) is 5.26 Å². The van der Waals surface area contributed by atoms with Crippen molar-refractivity contribution >= 4 is 0 Å². The number of hydrogen-bond acceptors (Lipinski definition) is 2. The standard InChI is InChI=1S/C17H15NO/c1-19-14-6-7-16-13(11-14)10-12-4-2-3-5-15(12)17(16)8-9-18/h2-7,11,17H,8,10H2,1H3/t17-/m1/s1. The molecule has 0 bridgehead atoms. The maximum absolute atomic E-state index is 9.10. The van der Waals surface area contributed by atoms with Crippen molar-refractivity contribution < 1.29 is 4.74 Å². The van der Waals surface area contributed by atoms with Crippen LogP contribution in [-0.4, -0.2) is 7.11 Å². The number of hydrogen-bond donors (Lipinski definition) is 0. The smallest absolute Gasteiger partial charge is 0.119 e. The van der Waals surface area contributed by atoms with Crippen molar-refractivity contribution in [2.24, 2.45) is 0 Å². The summed E-state index contributed by atoms with van der Waals surface area (Å²) in [5.41, 5.74) is 5.16. The van der Waals surface area contributed by atoms with Crippen LogP contribution < -0.4 is 4.74 Å². The Balaban J connectivity index is 2.14. The summed E-state index contributed by atoms with van der Waals surface area (Å²) in [6, 6.07) is 16.9. The molecular weight excluding hydrogens is 234 g/mol. The number of ether oxygens (including phenoxy) is 1. The van der Waals surface area contributed by atoms with Gasteiger partial charge in [-0.25, -0.2) is 0 Å². The summed E-state index contributed by atoms with van der Waals surface area (Å²) in [6.07, 6.45) is 1.45. The van der Waals surface area contributed by atoms with Gasteiger partial charge in [0.25, 0.3) is 0 Å². The van der Waals surface area contributed by atoms with Crippen LogP contribution in [-0.2, 0) is 6.42 Å². The zero-order chi connectivity index (χ0) is 13.2. The van der Waals surface area contributed by atoms with Crippen molar-refractivity contribution in [2.45, 2.75) is 18.8 Å². The van der Waals surface area contributed by atoms with Gasteiger partial charge >= 0.3 is 0 Å². The maximum atomic E-state index is 9.10. The summed E-state index contributed by atoms with van der Waals surface area (Å²) in [5.74, 6) is 1.07. The average molecular weight is 249 g/mol. The first kappa shape index (κ1) is 11.8. The second-order valence-electron chi connectivity index (χ2n) is 4.86. The van der Waals surface area contributed by atoms with Gasteiger partial charge < -0.3 is 4.74 Å². The van der Waals surface area contributed by atoms with E-state index in [1.807, 2.05) is 6.07 Å². The molecule has 0 spiro atoms. The fraction of sp³-hybridized carbons (Fsp3) is 0.235.